The van der Waals surface area contributed by atoms with E-state index < -0.39 is 5.91 Å². The molecule has 0 saturated heterocycles. The largest absolute Gasteiger partial charge is 0.474 e. The number of nitrogens with one attached hydrogen (secondary N) is 1. The molecule has 0 radical (unpaired) electrons. The Balaban J connectivity index is 1.37. The molecule has 1 aliphatic carbocycles. The van der Waals surface area contributed by atoms with Crippen LogP contribution in [0.5, 0.6) is 5.88 Å². The monoisotopic (exact) mass is 498 g/mol. The molecule has 2 heterocycles. The van der Waals surface area contributed by atoms with Gasteiger partial charge < -0.3 is 20.5 Å². The van der Waals surface area contributed by atoms with Crippen LogP contribution in [0.1, 0.15) is 63.2 Å². The van der Waals surface area contributed by atoms with Crippen LogP contribution in [0.2, 0.25) is 0 Å². The number of pyridine rings is 1. The molecule has 2 aliphatic rings. The van der Waals surface area contributed by atoms with E-state index in [4.69, 9.17) is 20.5 Å². The van der Waals surface area contributed by atoms with Gasteiger partial charge in [0.2, 0.25) is 5.88 Å². The lowest BCUT2D eigenvalue weighted by molar-refractivity contribution is 0.0875. The predicted molar refractivity (Wildman–Crippen MR) is 119 cm³/mol. The summed E-state index contributed by atoms with van der Waals surface area (Å²) in [7, 11) is 0. The first-order chi connectivity index (χ1) is 15.4. The first-order valence-corrected chi connectivity index (χ1v) is 11.3. The highest BCUT2D eigenvalue weighted by atomic mass is 79.9. The van der Waals surface area contributed by atoms with Crippen LogP contribution in [-0.4, -0.2) is 35.6 Å². The number of fused-ring (bicyclic) bond motifs is 1. The zero-order valence-corrected chi connectivity index (χ0v) is 19.0. The van der Waals surface area contributed by atoms with Gasteiger partial charge in [0.25, 0.3) is 11.8 Å². The molecule has 8 nitrogen and oxygen atoms in total. The maximum atomic E-state index is 12.6. The van der Waals surface area contributed by atoms with Crippen LogP contribution in [0.3, 0.4) is 0 Å². The van der Waals surface area contributed by atoms with Crippen LogP contribution in [0.15, 0.2) is 28.7 Å². The number of benzene rings is 1. The standard InChI is InChI=1S/C23H23BrN4O4/c24-19-6-1-13(9-14(19)11-25)22(30)27-16-2-4-17(5-3-16)32-23-18(21(26)29)10-15-12-31-8-7-20(15)28-23/h1,6,9-10,16-17H,2-5,7-8,12H2,(H2,26,29)(H,27,30). The minimum atomic E-state index is -0.576. The van der Waals surface area contributed by atoms with Gasteiger partial charge in [0, 0.05) is 28.1 Å². The van der Waals surface area contributed by atoms with Gasteiger partial charge in [-0.3, -0.25) is 9.59 Å². The number of primary amides is 1. The topological polar surface area (TPSA) is 127 Å². The Hall–Kier alpha value is -2.96. The van der Waals surface area contributed by atoms with Gasteiger partial charge in [-0.05, 0) is 65.9 Å². The molecule has 2 aromatic rings. The number of nitrogens with two attached hydrogens (primary N) is 1. The lowest BCUT2D eigenvalue weighted by Gasteiger charge is -2.30. The van der Waals surface area contributed by atoms with Crippen LogP contribution in [0.4, 0.5) is 0 Å². The fraction of sp³-hybridized carbons (Fsp3) is 0.391. The average molecular weight is 499 g/mol. The second-order valence-corrected chi connectivity index (χ2v) is 8.84. The first kappa shape index (κ1) is 22.2. The van der Waals surface area contributed by atoms with E-state index in [1.54, 1.807) is 24.3 Å². The van der Waals surface area contributed by atoms with E-state index >= 15 is 0 Å². The number of ether oxygens (including phenoxy) is 2. The quantitative estimate of drug-likeness (QED) is 0.651. The van der Waals surface area contributed by atoms with Crippen molar-refractivity contribution in [3.63, 3.8) is 0 Å². The van der Waals surface area contributed by atoms with Crippen LogP contribution in [0.25, 0.3) is 0 Å². The van der Waals surface area contributed by atoms with Gasteiger partial charge in [0.1, 0.15) is 17.7 Å². The molecular weight excluding hydrogens is 476 g/mol. The highest BCUT2D eigenvalue weighted by molar-refractivity contribution is 9.10. The fourth-order valence-electron chi connectivity index (χ4n) is 4.04. The highest BCUT2D eigenvalue weighted by Crippen LogP contribution is 2.28. The normalized spacial score (nSPS) is 20.0. The van der Waals surface area contributed by atoms with Gasteiger partial charge in [-0.2, -0.15) is 5.26 Å². The van der Waals surface area contributed by atoms with Crippen molar-refractivity contribution in [2.45, 2.75) is 50.9 Å². The minimum absolute atomic E-state index is 0.0146. The lowest BCUT2D eigenvalue weighted by Crippen LogP contribution is -2.40. The molecule has 2 amide bonds. The molecule has 0 bridgehead atoms. The number of halogens is 1. The fourth-order valence-corrected chi connectivity index (χ4v) is 4.37. The van der Waals surface area contributed by atoms with Crippen LogP contribution < -0.4 is 15.8 Å². The molecular formula is C23H23BrN4O4. The molecule has 0 unspecified atom stereocenters. The molecule has 4 rings (SSSR count). The molecule has 32 heavy (non-hydrogen) atoms. The Labute approximate surface area is 194 Å². The van der Waals surface area contributed by atoms with E-state index in [-0.39, 0.29) is 29.5 Å². The van der Waals surface area contributed by atoms with E-state index in [0.29, 0.717) is 35.2 Å². The second kappa shape index (κ2) is 9.67. The Morgan fingerprint density at radius 3 is 2.75 bits per heavy atom. The molecule has 0 spiro atoms. The first-order valence-electron chi connectivity index (χ1n) is 10.5. The Morgan fingerprint density at radius 2 is 2.03 bits per heavy atom. The molecule has 9 heteroatoms. The number of hydrogen-bond donors (Lipinski definition) is 2. The summed E-state index contributed by atoms with van der Waals surface area (Å²) in [6.07, 6.45) is 3.48. The zero-order chi connectivity index (χ0) is 22.7. The maximum absolute atomic E-state index is 12.6. The number of nitrogens with zero attached hydrogens (tertiary/aromatic N) is 2. The third-order valence-electron chi connectivity index (χ3n) is 5.80. The Morgan fingerprint density at radius 1 is 1.25 bits per heavy atom. The van der Waals surface area contributed by atoms with Crippen LogP contribution >= 0.6 is 15.9 Å². The molecule has 3 N–H and O–H groups in total. The average Bonchev–Trinajstić information content (AvgIpc) is 2.80. The van der Waals surface area contributed by atoms with Gasteiger partial charge >= 0.3 is 0 Å². The van der Waals surface area contributed by atoms with E-state index in [1.165, 1.54) is 0 Å². The van der Waals surface area contributed by atoms with Gasteiger partial charge in [-0.15, -0.1) is 0 Å². The van der Waals surface area contributed by atoms with Crippen molar-refractivity contribution >= 4 is 27.7 Å². The number of nitriles is 1. The smallest absolute Gasteiger partial charge is 0.254 e. The maximum Gasteiger partial charge on any atom is 0.254 e. The van der Waals surface area contributed by atoms with Crippen molar-refractivity contribution < 1.29 is 19.1 Å². The van der Waals surface area contributed by atoms with Crippen molar-refractivity contribution in [3.05, 3.63) is 56.7 Å². The number of rotatable bonds is 5. The van der Waals surface area contributed by atoms with Gasteiger partial charge in [-0.1, -0.05) is 0 Å². The lowest BCUT2D eigenvalue weighted by atomic mass is 9.92. The summed E-state index contributed by atoms with van der Waals surface area (Å²) in [5, 5.41) is 12.2. The zero-order valence-electron chi connectivity index (χ0n) is 17.4. The summed E-state index contributed by atoms with van der Waals surface area (Å²) in [4.78, 5) is 29.1. The van der Waals surface area contributed by atoms with Gasteiger partial charge in [0.05, 0.1) is 24.5 Å². The third-order valence-corrected chi connectivity index (χ3v) is 6.49. The minimum Gasteiger partial charge on any atom is -0.474 e. The summed E-state index contributed by atoms with van der Waals surface area (Å²) in [6, 6.07) is 8.76. The van der Waals surface area contributed by atoms with E-state index in [2.05, 4.69) is 32.3 Å². The summed E-state index contributed by atoms with van der Waals surface area (Å²) in [5.74, 6) is -0.495. The summed E-state index contributed by atoms with van der Waals surface area (Å²) in [5.41, 5.74) is 8.44. The van der Waals surface area contributed by atoms with Crippen molar-refractivity contribution in [3.8, 4) is 11.9 Å². The molecule has 1 aromatic carbocycles. The second-order valence-electron chi connectivity index (χ2n) is 7.99. The number of carbonyl (C=O) groups is 2. The summed E-state index contributed by atoms with van der Waals surface area (Å²) >= 11 is 3.30. The molecule has 0 atom stereocenters. The van der Waals surface area contributed by atoms with Crippen molar-refractivity contribution in [1.82, 2.24) is 10.3 Å². The van der Waals surface area contributed by atoms with E-state index in [0.717, 1.165) is 36.9 Å². The number of carbonyl (C=O) groups excluding carboxylic acids is 2. The van der Waals surface area contributed by atoms with Gasteiger partial charge in [-0.25, -0.2) is 4.98 Å². The molecule has 166 valence electrons. The third kappa shape index (κ3) is 4.92. The van der Waals surface area contributed by atoms with Crippen LogP contribution in [0, 0.1) is 11.3 Å². The van der Waals surface area contributed by atoms with Crippen LogP contribution in [-0.2, 0) is 17.8 Å². The van der Waals surface area contributed by atoms with E-state index in [9.17, 15) is 9.59 Å². The van der Waals surface area contributed by atoms with Crippen molar-refractivity contribution in [2.75, 3.05) is 6.61 Å². The number of amides is 2. The Bertz CT molecular complexity index is 1090. The molecule has 1 aliphatic heterocycles. The predicted octanol–water partition coefficient (Wildman–Crippen LogP) is 3.01. The molecule has 1 fully saturated rings. The molecule has 1 saturated carbocycles. The van der Waals surface area contributed by atoms with Gasteiger partial charge in [0.15, 0.2) is 0 Å². The SMILES string of the molecule is N#Cc1cc(C(=O)NC2CCC(Oc3nc4c(cc3C(N)=O)COCC4)CC2)ccc1Br. The van der Waals surface area contributed by atoms with Crippen molar-refractivity contribution in [1.29, 1.82) is 5.26 Å². The molecule has 1 aromatic heterocycles. The summed E-state index contributed by atoms with van der Waals surface area (Å²) < 4.78 is 12.2. The van der Waals surface area contributed by atoms with Crippen molar-refractivity contribution in [2.24, 2.45) is 5.73 Å². The Kier molecular flexibility index (Phi) is 6.72. The van der Waals surface area contributed by atoms with E-state index in [1.807, 2.05) is 0 Å². The number of aromatic nitrogens is 1. The summed E-state index contributed by atoms with van der Waals surface area (Å²) in [6.45, 7) is 1.01. The number of hydrogen-bond acceptors (Lipinski definition) is 6. The highest BCUT2D eigenvalue weighted by Gasteiger charge is 2.27.